The second kappa shape index (κ2) is 5.93. The Hall–Kier alpha value is -1.74. The lowest BCUT2D eigenvalue weighted by Crippen LogP contribution is -2.14. The summed E-state index contributed by atoms with van der Waals surface area (Å²) in [4.78, 5) is 8.94. The number of nitrogens with zero attached hydrogens (tertiary/aromatic N) is 2. The first-order valence-electron chi connectivity index (χ1n) is 6.72. The van der Waals surface area contributed by atoms with Gasteiger partial charge in [-0.25, -0.2) is 9.97 Å². The smallest absolute Gasteiger partial charge is 0.142 e. The molecule has 2 rings (SSSR count). The van der Waals surface area contributed by atoms with Crippen LogP contribution in [0.1, 0.15) is 29.4 Å². The molecule has 0 amide bonds. The molecule has 0 saturated heterocycles. The van der Waals surface area contributed by atoms with Crippen LogP contribution in [0.4, 0.5) is 0 Å². The highest BCUT2D eigenvalue weighted by molar-refractivity contribution is 5.65. The molecule has 1 N–H and O–H groups in total. The van der Waals surface area contributed by atoms with Gasteiger partial charge in [0, 0.05) is 11.8 Å². The van der Waals surface area contributed by atoms with Gasteiger partial charge in [-0.05, 0) is 56.1 Å². The SMILES string of the molecule is CCNCc1nccc(-c2cc(C)c(C)cc2C)n1. The van der Waals surface area contributed by atoms with Crippen molar-refractivity contribution in [2.24, 2.45) is 0 Å². The quantitative estimate of drug-likeness (QED) is 0.911. The van der Waals surface area contributed by atoms with Crippen molar-refractivity contribution in [3.63, 3.8) is 0 Å². The number of nitrogens with one attached hydrogen (secondary N) is 1. The van der Waals surface area contributed by atoms with Crippen molar-refractivity contribution >= 4 is 0 Å². The second-order valence-electron chi connectivity index (χ2n) is 4.89. The van der Waals surface area contributed by atoms with Crippen LogP contribution in [0.15, 0.2) is 24.4 Å². The van der Waals surface area contributed by atoms with E-state index in [1.807, 2.05) is 12.3 Å². The number of hydrogen-bond donors (Lipinski definition) is 1. The first-order chi connectivity index (χ1) is 9.11. The van der Waals surface area contributed by atoms with Crippen LogP contribution in [0.5, 0.6) is 0 Å². The molecule has 0 radical (unpaired) electrons. The molecule has 2 aromatic rings. The molecular formula is C16H21N3. The van der Waals surface area contributed by atoms with Crippen molar-refractivity contribution in [3.8, 4) is 11.3 Å². The fourth-order valence-corrected chi connectivity index (χ4v) is 2.11. The predicted molar refractivity (Wildman–Crippen MR) is 79.1 cm³/mol. The van der Waals surface area contributed by atoms with E-state index in [-0.39, 0.29) is 0 Å². The lowest BCUT2D eigenvalue weighted by atomic mass is 9.99. The van der Waals surface area contributed by atoms with Gasteiger partial charge in [0.05, 0.1) is 12.2 Å². The Morgan fingerprint density at radius 2 is 1.79 bits per heavy atom. The molecule has 0 fully saturated rings. The highest BCUT2D eigenvalue weighted by atomic mass is 15.0. The molecule has 1 aromatic heterocycles. The zero-order valence-electron chi connectivity index (χ0n) is 12.1. The van der Waals surface area contributed by atoms with Crippen LogP contribution < -0.4 is 5.32 Å². The minimum Gasteiger partial charge on any atom is -0.310 e. The third-order valence-electron chi connectivity index (χ3n) is 3.36. The van der Waals surface area contributed by atoms with E-state index in [9.17, 15) is 0 Å². The summed E-state index contributed by atoms with van der Waals surface area (Å²) in [5.41, 5.74) is 6.08. The van der Waals surface area contributed by atoms with Crippen molar-refractivity contribution in [1.82, 2.24) is 15.3 Å². The standard InChI is InChI=1S/C16H21N3/c1-5-17-10-16-18-7-6-15(19-16)14-9-12(3)11(2)8-13(14)4/h6-9,17H,5,10H2,1-4H3. The monoisotopic (exact) mass is 255 g/mol. The molecular weight excluding hydrogens is 234 g/mol. The lowest BCUT2D eigenvalue weighted by molar-refractivity contribution is 0.691. The maximum Gasteiger partial charge on any atom is 0.142 e. The minimum atomic E-state index is 0.716. The van der Waals surface area contributed by atoms with Gasteiger partial charge in [0.2, 0.25) is 0 Å². The van der Waals surface area contributed by atoms with Crippen LogP contribution in [0.3, 0.4) is 0 Å². The molecule has 3 nitrogen and oxygen atoms in total. The second-order valence-corrected chi connectivity index (χ2v) is 4.89. The largest absolute Gasteiger partial charge is 0.310 e. The van der Waals surface area contributed by atoms with Gasteiger partial charge in [-0.15, -0.1) is 0 Å². The zero-order chi connectivity index (χ0) is 13.8. The van der Waals surface area contributed by atoms with Gasteiger partial charge in [0.15, 0.2) is 0 Å². The van der Waals surface area contributed by atoms with Crippen LogP contribution >= 0.6 is 0 Å². The molecule has 0 aliphatic heterocycles. The Labute approximate surface area is 115 Å². The summed E-state index contributed by atoms with van der Waals surface area (Å²) in [7, 11) is 0. The Morgan fingerprint density at radius 1 is 1.05 bits per heavy atom. The molecule has 0 atom stereocenters. The van der Waals surface area contributed by atoms with Crippen molar-refractivity contribution < 1.29 is 0 Å². The average Bonchev–Trinajstić information content (AvgIpc) is 2.41. The zero-order valence-corrected chi connectivity index (χ0v) is 12.1. The molecule has 0 aliphatic carbocycles. The molecule has 19 heavy (non-hydrogen) atoms. The Morgan fingerprint density at radius 3 is 2.53 bits per heavy atom. The van der Waals surface area contributed by atoms with Gasteiger partial charge >= 0.3 is 0 Å². The van der Waals surface area contributed by atoms with E-state index in [1.165, 1.54) is 22.3 Å². The van der Waals surface area contributed by atoms with Gasteiger partial charge < -0.3 is 5.32 Å². The topological polar surface area (TPSA) is 37.8 Å². The van der Waals surface area contributed by atoms with E-state index in [1.54, 1.807) is 0 Å². The summed E-state index contributed by atoms with van der Waals surface area (Å²) in [6.45, 7) is 10.1. The predicted octanol–water partition coefficient (Wildman–Crippen LogP) is 3.18. The maximum atomic E-state index is 4.64. The van der Waals surface area contributed by atoms with Crippen LogP contribution in [0.25, 0.3) is 11.3 Å². The number of aryl methyl sites for hydroxylation is 3. The van der Waals surface area contributed by atoms with E-state index >= 15 is 0 Å². The van der Waals surface area contributed by atoms with E-state index in [4.69, 9.17) is 0 Å². The third-order valence-corrected chi connectivity index (χ3v) is 3.36. The number of hydrogen-bond acceptors (Lipinski definition) is 3. The molecule has 0 spiro atoms. The maximum absolute atomic E-state index is 4.64. The highest BCUT2D eigenvalue weighted by Gasteiger charge is 2.07. The van der Waals surface area contributed by atoms with E-state index in [2.05, 4.69) is 55.1 Å². The lowest BCUT2D eigenvalue weighted by Gasteiger charge is -2.10. The fourth-order valence-electron chi connectivity index (χ4n) is 2.11. The molecule has 0 aliphatic rings. The molecule has 3 heteroatoms. The van der Waals surface area contributed by atoms with Gasteiger partial charge in [0.25, 0.3) is 0 Å². The molecule has 0 unspecified atom stereocenters. The Bertz CT molecular complexity index is 576. The summed E-state index contributed by atoms with van der Waals surface area (Å²) in [6.07, 6.45) is 1.84. The molecule has 1 heterocycles. The van der Waals surface area contributed by atoms with Crippen LogP contribution in [0.2, 0.25) is 0 Å². The summed E-state index contributed by atoms with van der Waals surface area (Å²) in [5.74, 6) is 0.844. The Kier molecular flexibility index (Phi) is 4.27. The number of benzene rings is 1. The van der Waals surface area contributed by atoms with E-state index < -0.39 is 0 Å². The van der Waals surface area contributed by atoms with Crippen LogP contribution in [-0.2, 0) is 6.54 Å². The molecule has 0 saturated carbocycles. The first kappa shape index (κ1) is 13.7. The minimum absolute atomic E-state index is 0.716. The van der Waals surface area contributed by atoms with E-state index in [0.717, 1.165) is 18.1 Å². The highest BCUT2D eigenvalue weighted by Crippen LogP contribution is 2.24. The average molecular weight is 255 g/mol. The number of rotatable bonds is 4. The normalized spacial score (nSPS) is 10.7. The van der Waals surface area contributed by atoms with Crippen molar-refractivity contribution in [1.29, 1.82) is 0 Å². The Balaban J connectivity index is 2.38. The van der Waals surface area contributed by atoms with Gasteiger partial charge in [-0.3, -0.25) is 0 Å². The molecule has 0 bridgehead atoms. The summed E-state index contributed by atoms with van der Waals surface area (Å²) >= 11 is 0. The number of aromatic nitrogens is 2. The van der Waals surface area contributed by atoms with Crippen LogP contribution in [0, 0.1) is 20.8 Å². The van der Waals surface area contributed by atoms with Crippen molar-refractivity contribution in [3.05, 3.63) is 46.9 Å². The van der Waals surface area contributed by atoms with Gasteiger partial charge in [-0.2, -0.15) is 0 Å². The van der Waals surface area contributed by atoms with Gasteiger partial charge in [0.1, 0.15) is 5.82 Å². The molecule has 100 valence electrons. The van der Waals surface area contributed by atoms with Crippen molar-refractivity contribution in [2.75, 3.05) is 6.54 Å². The third kappa shape index (κ3) is 3.18. The van der Waals surface area contributed by atoms with Crippen molar-refractivity contribution in [2.45, 2.75) is 34.2 Å². The molecule has 1 aromatic carbocycles. The van der Waals surface area contributed by atoms with Crippen LogP contribution in [-0.4, -0.2) is 16.5 Å². The summed E-state index contributed by atoms with van der Waals surface area (Å²) < 4.78 is 0. The first-order valence-corrected chi connectivity index (χ1v) is 6.72. The van der Waals surface area contributed by atoms with Gasteiger partial charge in [-0.1, -0.05) is 13.0 Å². The fraction of sp³-hybridized carbons (Fsp3) is 0.375. The van der Waals surface area contributed by atoms with E-state index in [0.29, 0.717) is 6.54 Å². The summed E-state index contributed by atoms with van der Waals surface area (Å²) in [6, 6.07) is 6.41. The summed E-state index contributed by atoms with van der Waals surface area (Å²) in [5, 5.41) is 3.25.